The highest BCUT2D eigenvalue weighted by atomic mass is 35.5. The second kappa shape index (κ2) is 10.7. The first kappa shape index (κ1) is 24.8. The summed E-state index contributed by atoms with van der Waals surface area (Å²) in [5.74, 6) is 0.200. The minimum absolute atomic E-state index is 0.0871. The molecule has 0 aliphatic carbocycles. The van der Waals surface area contributed by atoms with Gasteiger partial charge in [0.25, 0.3) is 15.9 Å². The van der Waals surface area contributed by atoms with E-state index in [0.29, 0.717) is 26.8 Å². The number of carbonyl (C=O) groups excluding carboxylic acids is 2. The monoisotopic (exact) mass is 487 g/mol. The number of nitrogens with one attached hydrogen (secondary N) is 2. The zero-order valence-corrected chi connectivity index (χ0v) is 19.4. The van der Waals surface area contributed by atoms with Crippen LogP contribution in [0.5, 0.6) is 11.5 Å². The maximum atomic E-state index is 12.6. The number of benzene rings is 2. The Morgan fingerprint density at radius 2 is 1.97 bits per heavy atom. The van der Waals surface area contributed by atoms with Crippen molar-refractivity contribution in [2.45, 2.75) is 23.1 Å². The van der Waals surface area contributed by atoms with Gasteiger partial charge in [-0.2, -0.15) is 0 Å². The third kappa shape index (κ3) is 5.62. The number of ether oxygens (including phenoxy) is 2. The Morgan fingerprint density at radius 3 is 2.55 bits per heavy atom. The van der Waals surface area contributed by atoms with Gasteiger partial charge in [-0.1, -0.05) is 11.6 Å². The molecular weight excluding hydrogens is 466 g/mol. The van der Waals surface area contributed by atoms with Crippen molar-refractivity contribution in [1.29, 1.82) is 0 Å². The number of halogens is 1. The van der Waals surface area contributed by atoms with E-state index in [1.54, 1.807) is 25.1 Å². The lowest BCUT2D eigenvalue weighted by Crippen LogP contribution is -2.28. The molecule has 0 aliphatic heterocycles. The molecule has 9 nitrogen and oxygen atoms in total. The van der Waals surface area contributed by atoms with Crippen LogP contribution in [0.2, 0.25) is 5.02 Å². The number of rotatable bonds is 10. The van der Waals surface area contributed by atoms with Crippen molar-refractivity contribution in [3.05, 3.63) is 46.0 Å². The van der Waals surface area contributed by atoms with E-state index in [4.69, 9.17) is 26.2 Å². The van der Waals surface area contributed by atoms with E-state index >= 15 is 0 Å². The first-order valence-corrected chi connectivity index (χ1v) is 11.6. The lowest BCUT2D eigenvalue weighted by atomic mass is 10.1. The molecule has 168 valence electrons. The predicted octanol–water partition coefficient (Wildman–Crippen LogP) is 2.04. The molecular formula is C19H22ClN3O6S2. The van der Waals surface area contributed by atoms with Crippen molar-refractivity contribution in [2.24, 2.45) is 5.14 Å². The Kier molecular flexibility index (Phi) is 8.57. The number of sulfonamides is 1. The van der Waals surface area contributed by atoms with E-state index in [9.17, 15) is 18.0 Å². The van der Waals surface area contributed by atoms with Crippen molar-refractivity contribution in [3.63, 3.8) is 0 Å². The summed E-state index contributed by atoms with van der Waals surface area (Å²) in [6.07, 6.45) is 0.228. The summed E-state index contributed by atoms with van der Waals surface area (Å²) in [6.45, 7) is 1.65. The number of carbonyl (C=O) groups is 2. The molecule has 2 rings (SSSR count). The van der Waals surface area contributed by atoms with Gasteiger partial charge in [-0.15, -0.1) is 0 Å². The number of hydrogen-bond acceptors (Lipinski definition) is 8. The number of methoxy groups -OCH3 is 2. The number of amides is 2. The van der Waals surface area contributed by atoms with Crippen LogP contribution >= 0.6 is 23.5 Å². The summed E-state index contributed by atoms with van der Waals surface area (Å²) in [5, 5.41) is 8.78. The van der Waals surface area contributed by atoms with Crippen LogP contribution in [0.3, 0.4) is 0 Å². The van der Waals surface area contributed by atoms with Crippen LogP contribution in [0.15, 0.2) is 34.1 Å². The molecule has 0 fully saturated rings. The second-order valence-electron chi connectivity index (χ2n) is 6.23. The lowest BCUT2D eigenvalue weighted by molar-refractivity contribution is -0.108. The first-order valence-electron chi connectivity index (χ1n) is 8.85. The van der Waals surface area contributed by atoms with E-state index in [0.717, 1.165) is 11.9 Å². The number of nitrogens with two attached hydrogens (primary N) is 1. The van der Waals surface area contributed by atoms with Crippen molar-refractivity contribution >= 4 is 45.9 Å². The zero-order chi connectivity index (χ0) is 23.2. The molecule has 0 aliphatic rings. The Hall–Kier alpha value is -2.47. The molecule has 0 radical (unpaired) electrons. The molecule has 0 heterocycles. The molecule has 12 heteroatoms. The molecule has 0 bridgehead atoms. The molecule has 0 atom stereocenters. The summed E-state index contributed by atoms with van der Waals surface area (Å²) in [5.41, 5.74) is 0.902. The van der Waals surface area contributed by atoms with Gasteiger partial charge in [0.05, 0.1) is 29.6 Å². The average Bonchev–Trinajstić information content (AvgIpc) is 2.72. The van der Waals surface area contributed by atoms with E-state index in [-0.39, 0.29) is 35.6 Å². The Bertz CT molecular complexity index is 1090. The van der Waals surface area contributed by atoms with Gasteiger partial charge >= 0.3 is 0 Å². The third-order valence-electron chi connectivity index (χ3n) is 4.39. The minimum atomic E-state index is -4.15. The molecule has 0 aromatic heterocycles. The summed E-state index contributed by atoms with van der Waals surface area (Å²) in [7, 11) is -1.32. The van der Waals surface area contributed by atoms with Gasteiger partial charge < -0.3 is 14.8 Å². The fourth-order valence-electron chi connectivity index (χ4n) is 3.10. The van der Waals surface area contributed by atoms with Crippen LogP contribution < -0.4 is 24.7 Å². The van der Waals surface area contributed by atoms with Gasteiger partial charge in [0.15, 0.2) is 0 Å². The molecule has 31 heavy (non-hydrogen) atoms. The average molecular weight is 488 g/mol. The van der Waals surface area contributed by atoms with Gasteiger partial charge in [-0.05, 0) is 55.1 Å². The van der Waals surface area contributed by atoms with Crippen molar-refractivity contribution < 1.29 is 27.5 Å². The fourth-order valence-corrected chi connectivity index (χ4v) is 5.08. The van der Waals surface area contributed by atoms with Gasteiger partial charge in [-0.3, -0.25) is 19.5 Å². The van der Waals surface area contributed by atoms with Crippen molar-refractivity contribution in [2.75, 3.05) is 20.8 Å². The highest BCUT2D eigenvalue weighted by molar-refractivity contribution is 7.97. The van der Waals surface area contributed by atoms with E-state index in [1.807, 2.05) is 4.72 Å². The van der Waals surface area contributed by atoms with E-state index in [2.05, 4.69) is 5.32 Å². The molecule has 0 unspecified atom stereocenters. The standard InChI is InChI=1S/C19H22ClN3O6S2/c1-11-17(29-3)16(30-21)8-12(18(11)31(26,27)23-10-24)6-7-22-19(25)14-9-13(20)4-5-15(14)28-2/h4-5,8-10H,6-7,21H2,1-3H3,(H,22,25)(H,23,24). The minimum Gasteiger partial charge on any atom is -0.496 e. The molecule has 2 amide bonds. The van der Waals surface area contributed by atoms with Crippen LogP contribution in [0.1, 0.15) is 21.5 Å². The SMILES string of the molecule is COc1ccc(Cl)cc1C(=O)NCCc1cc(SN)c(OC)c(C)c1S(=O)(=O)NC=O. The Balaban J connectivity index is 2.36. The third-order valence-corrected chi connectivity index (χ3v) is 6.70. The Labute approximate surface area is 189 Å². The summed E-state index contributed by atoms with van der Waals surface area (Å²) >= 11 is 6.86. The van der Waals surface area contributed by atoms with E-state index in [1.165, 1.54) is 20.3 Å². The number of hydrogen-bond donors (Lipinski definition) is 3. The first-order chi connectivity index (χ1) is 14.7. The highest BCUT2D eigenvalue weighted by Crippen LogP contribution is 2.36. The molecule has 0 saturated heterocycles. The molecule has 4 N–H and O–H groups in total. The summed E-state index contributed by atoms with van der Waals surface area (Å²) in [4.78, 5) is 23.8. The van der Waals surface area contributed by atoms with Crippen molar-refractivity contribution in [3.8, 4) is 11.5 Å². The normalized spacial score (nSPS) is 11.0. The summed E-state index contributed by atoms with van der Waals surface area (Å²) < 4.78 is 37.6. The van der Waals surface area contributed by atoms with Crippen LogP contribution in [0, 0.1) is 6.92 Å². The van der Waals surface area contributed by atoms with E-state index < -0.39 is 15.9 Å². The maximum Gasteiger partial charge on any atom is 0.264 e. The van der Waals surface area contributed by atoms with Crippen LogP contribution in [0.25, 0.3) is 0 Å². The van der Waals surface area contributed by atoms with Gasteiger partial charge in [0.2, 0.25) is 6.41 Å². The van der Waals surface area contributed by atoms with Crippen molar-refractivity contribution in [1.82, 2.24) is 10.0 Å². The van der Waals surface area contributed by atoms with Gasteiger partial charge in [0, 0.05) is 17.1 Å². The topological polar surface area (TPSA) is 137 Å². The Morgan fingerprint density at radius 1 is 1.26 bits per heavy atom. The summed E-state index contributed by atoms with van der Waals surface area (Å²) in [6, 6.07) is 6.20. The van der Waals surface area contributed by atoms with Crippen LogP contribution in [-0.4, -0.2) is 41.5 Å². The lowest BCUT2D eigenvalue weighted by Gasteiger charge is -2.18. The molecule has 2 aromatic rings. The fraction of sp³-hybridized carbons (Fsp3) is 0.263. The second-order valence-corrected chi connectivity index (χ2v) is 8.99. The largest absolute Gasteiger partial charge is 0.496 e. The predicted molar refractivity (Wildman–Crippen MR) is 118 cm³/mol. The zero-order valence-electron chi connectivity index (χ0n) is 17.0. The molecule has 0 saturated carbocycles. The van der Waals surface area contributed by atoms with Crippen LogP contribution in [0.4, 0.5) is 0 Å². The maximum absolute atomic E-state index is 12.6. The smallest absolute Gasteiger partial charge is 0.264 e. The highest BCUT2D eigenvalue weighted by Gasteiger charge is 2.25. The molecule has 2 aromatic carbocycles. The quantitative estimate of drug-likeness (QED) is 0.342. The van der Waals surface area contributed by atoms with Crippen LogP contribution in [-0.2, 0) is 21.2 Å². The van der Waals surface area contributed by atoms with Gasteiger partial charge in [0.1, 0.15) is 11.5 Å². The molecule has 0 spiro atoms. The van der Waals surface area contributed by atoms with Gasteiger partial charge in [-0.25, -0.2) is 8.42 Å².